The maximum Gasteiger partial charge on any atom is 0.307 e. The summed E-state index contributed by atoms with van der Waals surface area (Å²) in [6.07, 6.45) is 1.70. The Morgan fingerprint density at radius 3 is 2.71 bits per heavy atom. The molecular weight excluding hydrogens is 206 g/mol. The Bertz CT molecular complexity index is 335. The van der Waals surface area contributed by atoms with Crippen LogP contribution in [0.2, 0.25) is 0 Å². The van der Waals surface area contributed by atoms with Crippen molar-refractivity contribution in [2.45, 2.75) is 6.42 Å². The van der Waals surface area contributed by atoms with Gasteiger partial charge in [0, 0.05) is 13.1 Å². The Morgan fingerprint density at radius 1 is 1.64 bits per heavy atom. The van der Waals surface area contributed by atoms with Gasteiger partial charge in [-0.25, -0.2) is 12.7 Å². The van der Waals surface area contributed by atoms with Gasteiger partial charge in [-0.1, -0.05) is 6.08 Å². The first-order chi connectivity index (χ1) is 6.47. The molecule has 0 amide bonds. The first-order valence-corrected chi connectivity index (χ1v) is 5.90. The van der Waals surface area contributed by atoms with Crippen LogP contribution < -0.4 is 0 Å². The van der Waals surface area contributed by atoms with Gasteiger partial charge >= 0.3 is 5.97 Å². The zero-order valence-corrected chi connectivity index (χ0v) is 8.53. The van der Waals surface area contributed by atoms with Crippen LogP contribution in [0.1, 0.15) is 6.42 Å². The summed E-state index contributed by atoms with van der Waals surface area (Å²) in [7, 11) is -3.32. The van der Waals surface area contributed by atoms with Crippen molar-refractivity contribution in [3.05, 3.63) is 12.7 Å². The number of carboxylic acids is 1. The Balaban J connectivity index is 2.66. The summed E-state index contributed by atoms with van der Waals surface area (Å²) in [4.78, 5) is 10.6. The van der Waals surface area contributed by atoms with Crippen LogP contribution in [0.15, 0.2) is 12.7 Å². The van der Waals surface area contributed by atoms with Crippen LogP contribution >= 0.6 is 0 Å². The number of aliphatic carboxylic acids is 1. The molecule has 0 radical (unpaired) electrons. The Labute approximate surface area is 83.1 Å². The second kappa shape index (κ2) is 4.10. The van der Waals surface area contributed by atoms with Gasteiger partial charge in [-0.15, -0.1) is 6.58 Å². The van der Waals surface area contributed by atoms with Crippen molar-refractivity contribution in [3.8, 4) is 0 Å². The van der Waals surface area contributed by atoms with E-state index in [0.29, 0.717) is 13.0 Å². The molecule has 0 saturated carbocycles. The predicted molar refractivity (Wildman–Crippen MR) is 51.3 cm³/mol. The summed E-state index contributed by atoms with van der Waals surface area (Å²) in [6, 6.07) is 0. The fraction of sp³-hybridized carbons (Fsp3) is 0.625. The van der Waals surface area contributed by atoms with Crippen molar-refractivity contribution in [2.24, 2.45) is 5.92 Å². The Morgan fingerprint density at radius 2 is 2.29 bits per heavy atom. The lowest BCUT2D eigenvalue weighted by atomic mass is 10.1. The monoisotopic (exact) mass is 219 g/mol. The zero-order valence-electron chi connectivity index (χ0n) is 7.72. The smallest absolute Gasteiger partial charge is 0.307 e. The van der Waals surface area contributed by atoms with Crippen molar-refractivity contribution in [3.63, 3.8) is 0 Å². The molecule has 80 valence electrons. The quantitative estimate of drug-likeness (QED) is 0.670. The van der Waals surface area contributed by atoms with E-state index in [1.807, 2.05) is 0 Å². The molecule has 0 aromatic heterocycles. The fourth-order valence-electron chi connectivity index (χ4n) is 1.44. The van der Waals surface area contributed by atoms with E-state index in [4.69, 9.17) is 5.11 Å². The fourth-order valence-corrected chi connectivity index (χ4v) is 2.74. The minimum Gasteiger partial charge on any atom is -0.481 e. The molecule has 14 heavy (non-hydrogen) atoms. The molecular formula is C8H13NO4S. The number of sulfonamides is 1. The number of carboxylic acid groups (broad SMARTS) is 1. The molecule has 0 aromatic rings. The highest BCUT2D eigenvalue weighted by molar-refractivity contribution is 7.89. The molecule has 5 nitrogen and oxygen atoms in total. The van der Waals surface area contributed by atoms with Gasteiger partial charge in [0.05, 0.1) is 11.7 Å². The summed E-state index contributed by atoms with van der Waals surface area (Å²) in [5.41, 5.74) is 0. The minimum absolute atomic E-state index is 0.0888. The highest BCUT2D eigenvalue weighted by Gasteiger charge is 2.33. The average molecular weight is 219 g/mol. The third kappa shape index (κ3) is 2.33. The highest BCUT2D eigenvalue weighted by Crippen LogP contribution is 2.19. The van der Waals surface area contributed by atoms with Gasteiger partial charge in [0.15, 0.2) is 0 Å². The molecule has 1 saturated heterocycles. The maximum atomic E-state index is 11.5. The second-order valence-electron chi connectivity index (χ2n) is 3.25. The van der Waals surface area contributed by atoms with Crippen LogP contribution in [0.4, 0.5) is 0 Å². The minimum atomic E-state index is -3.32. The molecule has 6 heteroatoms. The van der Waals surface area contributed by atoms with Crippen molar-refractivity contribution in [1.29, 1.82) is 0 Å². The standard InChI is InChI=1S/C8H13NO4S/c1-2-5-14(12,13)9-4-3-7(6-9)8(10)11/h2,7H,1,3-6H2,(H,10,11). The predicted octanol–water partition coefficient (Wildman–Crippen LogP) is -0.0913. The van der Waals surface area contributed by atoms with E-state index in [2.05, 4.69) is 6.58 Å². The third-order valence-corrected chi connectivity index (χ3v) is 4.00. The molecule has 1 aliphatic heterocycles. The number of carbonyl (C=O) groups is 1. The summed E-state index contributed by atoms with van der Waals surface area (Å²) in [6.45, 7) is 3.74. The molecule has 1 unspecified atom stereocenters. The van der Waals surface area contributed by atoms with Crippen LogP contribution in [0.5, 0.6) is 0 Å². The Hall–Kier alpha value is -0.880. The van der Waals surface area contributed by atoms with Crippen molar-refractivity contribution < 1.29 is 18.3 Å². The molecule has 1 N–H and O–H groups in total. The SMILES string of the molecule is C=CCS(=O)(=O)N1CCC(C(=O)O)C1. The maximum absolute atomic E-state index is 11.5. The van der Waals surface area contributed by atoms with E-state index in [-0.39, 0.29) is 12.3 Å². The van der Waals surface area contributed by atoms with E-state index in [9.17, 15) is 13.2 Å². The summed E-state index contributed by atoms with van der Waals surface area (Å²) >= 11 is 0. The van der Waals surface area contributed by atoms with E-state index >= 15 is 0 Å². The zero-order chi connectivity index (χ0) is 10.8. The van der Waals surface area contributed by atoms with E-state index < -0.39 is 21.9 Å². The number of hydrogen-bond acceptors (Lipinski definition) is 3. The molecule has 1 atom stereocenters. The van der Waals surface area contributed by atoms with Gasteiger partial charge in [-0.05, 0) is 6.42 Å². The largest absolute Gasteiger partial charge is 0.481 e. The van der Waals surface area contributed by atoms with Crippen molar-refractivity contribution >= 4 is 16.0 Å². The lowest BCUT2D eigenvalue weighted by Crippen LogP contribution is -2.31. The first kappa shape index (κ1) is 11.2. The second-order valence-corrected chi connectivity index (χ2v) is 5.26. The van der Waals surface area contributed by atoms with Crippen LogP contribution in [0.3, 0.4) is 0 Å². The Kier molecular flexibility index (Phi) is 3.28. The van der Waals surface area contributed by atoms with Crippen LogP contribution in [0.25, 0.3) is 0 Å². The van der Waals surface area contributed by atoms with Crippen molar-refractivity contribution in [2.75, 3.05) is 18.8 Å². The van der Waals surface area contributed by atoms with Gasteiger partial charge in [0.25, 0.3) is 0 Å². The highest BCUT2D eigenvalue weighted by atomic mass is 32.2. The van der Waals surface area contributed by atoms with E-state index in [0.717, 1.165) is 0 Å². The normalized spacial score (nSPS) is 23.6. The number of rotatable bonds is 4. The van der Waals surface area contributed by atoms with Gasteiger partial charge < -0.3 is 5.11 Å². The van der Waals surface area contributed by atoms with Gasteiger partial charge in [0.2, 0.25) is 10.0 Å². The molecule has 0 spiro atoms. The number of nitrogens with zero attached hydrogens (tertiary/aromatic N) is 1. The first-order valence-electron chi connectivity index (χ1n) is 4.29. The van der Waals surface area contributed by atoms with Crippen molar-refractivity contribution in [1.82, 2.24) is 4.31 Å². The summed E-state index contributed by atoms with van der Waals surface area (Å²) < 4.78 is 24.1. The summed E-state index contributed by atoms with van der Waals surface area (Å²) in [5, 5.41) is 8.69. The van der Waals surface area contributed by atoms with Gasteiger partial charge in [-0.2, -0.15) is 0 Å². The molecule has 1 rings (SSSR count). The van der Waals surface area contributed by atoms with Crippen LogP contribution in [-0.2, 0) is 14.8 Å². The molecule has 0 aromatic carbocycles. The molecule has 1 fully saturated rings. The summed E-state index contributed by atoms with van der Waals surface area (Å²) in [5.74, 6) is -1.62. The average Bonchev–Trinajstić information content (AvgIpc) is 2.51. The molecule has 1 heterocycles. The molecule has 1 aliphatic rings. The van der Waals surface area contributed by atoms with Gasteiger partial charge in [0.1, 0.15) is 0 Å². The van der Waals surface area contributed by atoms with Crippen LogP contribution in [-0.4, -0.2) is 42.6 Å². The molecule has 0 bridgehead atoms. The lowest BCUT2D eigenvalue weighted by Gasteiger charge is -2.13. The third-order valence-electron chi connectivity index (χ3n) is 2.22. The lowest BCUT2D eigenvalue weighted by molar-refractivity contribution is -0.141. The topological polar surface area (TPSA) is 74.7 Å². The van der Waals surface area contributed by atoms with Crippen LogP contribution in [0, 0.1) is 5.92 Å². The van der Waals surface area contributed by atoms with E-state index in [1.54, 1.807) is 0 Å². The molecule has 0 aliphatic carbocycles. The van der Waals surface area contributed by atoms with Gasteiger partial charge in [-0.3, -0.25) is 4.79 Å². The number of hydrogen-bond donors (Lipinski definition) is 1. The van der Waals surface area contributed by atoms with E-state index in [1.165, 1.54) is 10.4 Å².